The van der Waals surface area contributed by atoms with Crippen LogP contribution in [0, 0.1) is 0 Å². The number of hydrogen-bond acceptors (Lipinski definition) is 5. The number of anilines is 1. The highest BCUT2D eigenvalue weighted by atomic mass is 35.5. The number of piperazine rings is 1. The molecular formula is C20H21ClN4O3S. The molecule has 1 fully saturated rings. The van der Waals surface area contributed by atoms with Gasteiger partial charge in [-0.15, -0.1) is 11.3 Å². The van der Waals surface area contributed by atoms with Crippen molar-refractivity contribution in [3.8, 4) is 0 Å². The first-order valence-electron chi connectivity index (χ1n) is 9.51. The molecule has 9 heteroatoms. The zero-order valence-electron chi connectivity index (χ0n) is 15.8. The predicted octanol–water partition coefficient (Wildman–Crippen LogP) is 2.53. The topological polar surface area (TPSA) is 78.4 Å². The molecule has 152 valence electrons. The number of rotatable bonds is 5. The zero-order valence-corrected chi connectivity index (χ0v) is 17.3. The summed E-state index contributed by atoms with van der Waals surface area (Å²) in [5, 5.41) is 2.48. The van der Waals surface area contributed by atoms with Crippen LogP contribution in [0.25, 0.3) is 10.2 Å². The fraction of sp³-hybridized carbons (Fsp3) is 0.350. The third-order valence-electron chi connectivity index (χ3n) is 5.17. The van der Waals surface area contributed by atoms with Gasteiger partial charge in [-0.2, -0.15) is 0 Å². The molecule has 3 heterocycles. The van der Waals surface area contributed by atoms with E-state index in [0.717, 1.165) is 18.8 Å². The number of aromatic nitrogens is 2. The molecule has 0 unspecified atom stereocenters. The van der Waals surface area contributed by atoms with Gasteiger partial charge in [-0.25, -0.2) is 4.79 Å². The van der Waals surface area contributed by atoms with Crippen molar-refractivity contribution in [3.05, 3.63) is 61.6 Å². The molecule has 4 rings (SSSR count). The Hall–Kier alpha value is -2.58. The molecule has 1 amide bonds. The smallest absolute Gasteiger partial charge is 0.328 e. The van der Waals surface area contributed by atoms with E-state index in [4.69, 9.17) is 11.6 Å². The molecule has 1 saturated heterocycles. The number of nitrogens with zero attached hydrogens (tertiary/aromatic N) is 3. The highest BCUT2D eigenvalue weighted by molar-refractivity contribution is 7.17. The van der Waals surface area contributed by atoms with Crippen LogP contribution in [-0.2, 0) is 11.3 Å². The standard InChI is InChI=1S/C20H21ClN4O3S/c21-14-3-1-4-15(13-14)23-8-10-24(11-9-23)17(26)5-2-7-25-19(27)18-16(6-12-29-18)22-20(25)28/h1,3-4,6,12-13H,2,5,7-11H2,(H,22,28). The van der Waals surface area contributed by atoms with Crippen LogP contribution in [0.3, 0.4) is 0 Å². The predicted molar refractivity (Wildman–Crippen MR) is 116 cm³/mol. The summed E-state index contributed by atoms with van der Waals surface area (Å²) in [6.45, 7) is 3.02. The van der Waals surface area contributed by atoms with E-state index in [1.165, 1.54) is 15.9 Å². The third kappa shape index (κ3) is 4.23. The average Bonchev–Trinajstić information content (AvgIpc) is 3.19. The third-order valence-corrected chi connectivity index (χ3v) is 6.31. The lowest BCUT2D eigenvalue weighted by molar-refractivity contribution is -0.131. The number of nitrogens with one attached hydrogen (secondary N) is 1. The molecule has 0 atom stereocenters. The summed E-state index contributed by atoms with van der Waals surface area (Å²) < 4.78 is 1.72. The molecule has 1 aliphatic rings. The maximum atomic E-state index is 12.5. The van der Waals surface area contributed by atoms with Crippen LogP contribution in [0.5, 0.6) is 0 Å². The second-order valence-corrected chi connectivity index (χ2v) is 8.35. The van der Waals surface area contributed by atoms with E-state index in [1.807, 2.05) is 29.2 Å². The Kier molecular flexibility index (Phi) is 5.73. The minimum absolute atomic E-state index is 0.0532. The Labute approximate surface area is 176 Å². The summed E-state index contributed by atoms with van der Waals surface area (Å²) in [5.41, 5.74) is 0.909. The molecule has 0 bridgehead atoms. The van der Waals surface area contributed by atoms with Crippen LogP contribution in [0.1, 0.15) is 12.8 Å². The normalized spacial score (nSPS) is 14.5. The Morgan fingerprint density at radius 3 is 2.69 bits per heavy atom. The molecule has 0 radical (unpaired) electrons. The zero-order chi connectivity index (χ0) is 20.4. The fourth-order valence-electron chi connectivity index (χ4n) is 3.61. The van der Waals surface area contributed by atoms with Gasteiger partial charge in [-0.1, -0.05) is 17.7 Å². The summed E-state index contributed by atoms with van der Waals surface area (Å²) in [6, 6.07) is 9.44. The molecule has 29 heavy (non-hydrogen) atoms. The number of aromatic amines is 1. The first-order chi connectivity index (χ1) is 14.0. The quantitative estimate of drug-likeness (QED) is 0.672. The van der Waals surface area contributed by atoms with Gasteiger partial charge in [0.05, 0.1) is 5.52 Å². The van der Waals surface area contributed by atoms with Crippen LogP contribution in [0.15, 0.2) is 45.3 Å². The highest BCUT2D eigenvalue weighted by Crippen LogP contribution is 2.21. The van der Waals surface area contributed by atoms with Gasteiger partial charge in [0.2, 0.25) is 5.91 Å². The molecule has 0 aliphatic carbocycles. The van der Waals surface area contributed by atoms with Crippen molar-refractivity contribution in [2.24, 2.45) is 0 Å². The van der Waals surface area contributed by atoms with E-state index in [-0.39, 0.29) is 18.0 Å². The number of carbonyl (C=O) groups is 1. The van der Waals surface area contributed by atoms with Crippen LogP contribution < -0.4 is 16.1 Å². The van der Waals surface area contributed by atoms with E-state index in [1.54, 1.807) is 11.4 Å². The molecule has 0 spiro atoms. The summed E-state index contributed by atoms with van der Waals surface area (Å²) in [4.78, 5) is 43.9. The van der Waals surface area contributed by atoms with E-state index in [2.05, 4.69) is 9.88 Å². The van der Waals surface area contributed by atoms with Crippen molar-refractivity contribution in [1.82, 2.24) is 14.5 Å². The van der Waals surface area contributed by atoms with E-state index < -0.39 is 5.69 Å². The van der Waals surface area contributed by atoms with E-state index >= 15 is 0 Å². The van der Waals surface area contributed by atoms with Gasteiger partial charge in [0.15, 0.2) is 0 Å². The van der Waals surface area contributed by atoms with Gasteiger partial charge >= 0.3 is 5.69 Å². The molecule has 2 aromatic heterocycles. The van der Waals surface area contributed by atoms with Crippen molar-refractivity contribution < 1.29 is 4.79 Å². The monoisotopic (exact) mass is 432 g/mol. The number of halogens is 1. The Balaban J connectivity index is 1.31. The summed E-state index contributed by atoms with van der Waals surface area (Å²) in [5.74, 6) is 0.0532. The van der Waals surface area contributed by atoms with Gasteiger partial charge in [-0.05, 0) is 36.1 Å². The van der Waals surface area contributed by atoms with E-state index in [9.17, 15) is 14.4 Å². The van der Waals surface area contributed by atoms with Crippen LogP contribution >= 0.6 is 22.9 Å². The van der Waals surface area contributed by atoms with Crippen LogP contribution in [0.2, 0.25) is 5.02 Å². The number of benzene rings is 1. The van der Waals surface area contributed by atoms with Crippen molar-refractivity contribution in [1.29, 1.82) is 0 Å². The minimum atomic E-state index is -0.427. The number of amides is 1. The Morgan fingerprint density at radius 1 is 1.14 bits per heavy atom. The Bertz CT molecular complexity index is 1140. The fourth-order valence-corrected chi connectivity index (χ4v) is 4.59. The SMILES string of the molecule is O=C(CCCn1c(=O)[nH]c2ccsc2c1=O)N1CCN(c2cccc(Cl)c2)CC1. The second kappa shape index (κ2) is 8.42. The number of carbonyl (C=O) groups excluding carboxylic acids is 1. The number of H-pyrrole nitrogens is 1. The van der Waals surface area contributed by atoms with Gasteiger partial charge < -0.3 is 14.8 Å². The molecule has 1 aliphatic heterocycles. The highest BCUT2D eigenvalue weighted by Gasteiger charge is 2.21. The van der Waals surface area contributed by atoms with Crippen molar-refractivity contribution >= 4 is 44.7 Å². The number of hydrogen-bond donors (Lipinski definition) is 1. The van der Waals surface area contributed by atoms with Gasteiger partial charge in [0.25, 0.3) is 5.56 Å². The molecule has 1 aromatic carbocycles. The molecular weight excluding hydrogens is 412 g/mol. The van der Waals surface area contributed by atoms with Crippen LogP contribution in [0.4, 0.5) is 5.69 Å². The minimum Gasteiger partial charge on any atom is -0.368 e. The molecule has 7 nitrogen and oxygen atoms in total. The second-order valence-electron chi connectivity index (χ2n) is 7.00. The number of fused-ring (bicyclic) bond motifs is 1. The van der Waals surface area contributed by atoms with E-state index in [0.29, 0.717) is 41.2 Å². The lowest BCUT2D eigenvalue weighted by atomic mass is 10.2. The molecule has 1 N–H and O–H groups in total. The van der Waals surface area contributed by atoms with Gasteiger partial charge in [0.1, 0.15) is 4.70 Å². The summed E-state index contributed by atoms with van der Waals surface area (Å²) >= 11 is 7.37. The Morgan fingerprint density at radius 2 is 1.93 bits per heavy atom. The van der Waals surface area contributed by atoms with Crippen molar-refractivity contribution in [2.45, 2.75) is 19.4 Å². The van der Waals surface area contributed by atoms with Gasteiger partial charge in [0, 0.05) is 49.9 Å². The molecule has 0 saturated carbocycles. The maximum absolute atomic E-state index is 12.5. The lowest BCUT2D eigenvalue weighted by Crippen LogP contribution is -2.48. The van der Waals surface area contributed by atoms with Crippen molar-refractivity contribution in [3.63, 3.8) is 0 Å². The van der Waals surface area contributed by atoms with Crippen LogP contribution in [-0.4, -0.2) is 46.5 Å². The maximum Gasteiger partial charge on any atom is 0.328 e. The summed E-state index contributed by atoms with van der Waals surface area (Å²) in [7, 11) is 0. The van der Waals surface area contributed by atoms with Crippen molar-refractivity contribution in [2.75, 3.05) is 31.1 Å². The van der Waals surface area contributed by atoms with Gasteiger partial charge in [-0.3, -0.25) is 14.2 Å². The number of thiophene rings is 1. The summed E-state index contributed by atoms with van der Waals surface area (Å²) in [6.07, 6.45) is 0.763. The first-order valence-corrected chi connectivity index (χ1v) is 10.8. The molecule has 3 aromatic rings. The average molecular weight is 433 g/mol. The lowest BCUT2D eigenvalue weighted by Gasteiger charge is -2.36. The largest absolute Gasteiger partial charge is 0.368 e. The first kappa shape index (κ1) is 19.7.